The van der Waals surface area contributed by atoms with E-state index in [-0.39, 0.29) is 11.1 Å². The second-order valence-electron chi connectivity index (χ2n) is 14.2. The van der Waals surface area contributed by atoms with E-state index in [9.17, 15) is 17.6 Å². The molecule has 0 unspecified atom stereocenters. The second kappa shape index (κ2) is 16.8. The second-order valence-corrected chi connectivity index (χ2v) is 16.5. The van der Waals surface area contributed by atoms with Gasteiger partial charge in [-0.1, -0.05) is 81.3 Å². The summed E-state index contributed by atoms with van der Waals surface area (Å²) in [6.45, 7) is 4.27. The molecule has 0 radical (unpaired) electrons. The molecule has 6 heteroatoms. The van der Waals surface area contributed by atoms with Crippen LogP contribution < -0.4 is 0 Å². The lowest BCUT2D eigenvalue weighted by molar-refractivity contribution is 0.590. The quantitative estimate of drug-likeness (QED) is 0.116. The highest BCUT2D eigenvalue weighted by atomic mass is 32.1. The van der Waals surface area contributed by atoms with E-state index in [0.29, 0.717) is 20.9 Å². The number of halogens is 4. The molecule has 0 saturated heterocycles. The molecule has 0 bridgehead atoms. The van der Waals surface area contributed by atoms with Crippen molar-refractivity contribution in [3.8, 4) is 43.1 Å². The maximum Gasteiger partial charge on any atom is 0.135 e. The maximum absolute atomic E-state index is 14.8. The molecule has 6 aromatic rings. The molecule has 2 aromatic heterocycles. The van der Waals surface area contributed by atoms with Crippen LogP contribution in [0.3, 0.4) is 0 Å². The largest absolute Gasteiger partial charge is 0.206 e. The number of benzene rings is 4. The first kappa shape index (κ1) is 37.1. The van der Waals surface area contributed by atoms with Crippen LogP contribution in [0.25, 0.3) is 48.7 Å². The molecule has 2 aliphatic rings. The van der Waals surface area contributed by atoms with Gasteiger partial charge in [-0.25, -0.2) is 17.6 Å². The van der Waals surface area contributed by atoms with Gasteiger partial charge in [0.05, 0.1) is 11.1 Å². The Kier molecular flexibility index (Phi) is 11.8. The molecule has 4 aromatic carbocycles. The Bertz CT molecular complexity index is 2150. The summed E-state index contributed by atoms with van der Waals surface area (Å²) in [5.74, 6) is -1.21. The lowest BCUT2D eigenvalue weighted by Gasteiger charge is -2.08. The van der Waals surface area contributed by atoms with Crippen molar-refractivity contribution in [1.29, 1.82) is 0 Å². The minimum absolute atomic E-state index is 0.0798. The zero-order chi connectivity index (χ0) is 36.9. The molecular formula is C47H44F4S2. The predicted octanol–water partition coefficient (Wildman–Crippen LogP) is 15.1. The predicted molar refractivity (Wildman–Crippen MR) is 216 cm³/mol. The highest BCUT2D eigenvalue weighted by molar-refractivity contribution is 7.16. The highest BCUT2D eigenvalue weighted by Gasteiger charge is 2.23. The fourth-order valence-corrected chi connectivity index (χ4v) is 9.32. The monoisotopic (exact) mass is 748 g/mol. The number of hydrogen-bond acceptors (Lipinski definition) is 2. The molecule has 0 amide bonds. The van der Waals surface area contributed by atoms with Gasteiger partial charge in [-0.2, -0.15) is 0 Å². The fourth-order valence-electron chi connectivity index (χ4n) is 7.02. The van der Waals surface area contributed by atoms with Gasteiger partial charge < -0.3 is 0 Å². The van der Waals surface area contributed by atoms with Gasteiger partial charge in [0.1, 0.15) is 23.3 Å². The summed E-state index contributed by atoms with van der Waals surface area (Å²) in [6, 6.07) is 29.4. The van der Waals surface area contributed by atoms with Crippen LogP contribution in [0.4, 0.5) is 17.6 Å². The van der Waals surface area contributed by atoms with Gasteiger partial charge in [-0.15, -0.1) is 22.7 Å². The van der Waals surface area contributed by atoms with Crippen LogP contribution in [0.2, 0.25) is 0 Å². The third kappa shape index (κ3) is 8.93. The van der Waals surface area contributed by atoms with Gasteiger partial charge in [-0.3, -0.25) is 0 Å². The van der Waals surface area contributed by atoms with E-state index in [1.165, 1.54) is 81.4 Å². The minimum Gasteiger partial charge on any atom is -0.206 e. The average Bonchev–Trinajstić information content (AvgIpc) is 3.49. The fraction of sp³-hybridized carbons (Fsp3) is 0.277. The Balaban J connectivity index is 0.000000164. The molecule has 8 rings (SSSR count). The van der Waals surface area contributed by atoms with Crippen LogP contribution in [0.15, 0.2) is 103 Å². The van der Waals surface area contributed by atoms with Gasteiger partial charge in [0, 0.05) is 19.5 Å². The summed E-state index contributed by atoms with van der Waals surface area (Å²) in [7, 11) is 0. The van der Waals surface area contributed by atoms with Crippen molar-refractivity contribution in [2.45, 2.75) is 78.1 Å². The molecule has 1 fully saturated rings. The zero-order valence-electron chi connectivity index (χ0n) is 30.3. The molecule has 0 spiro atoms. The van der Waals surface area contributed by atoms with Crippen molar-refractivity contribution in [3.63, 3.8) is 0 Å². The van der Waals surface area contributed by atoms with Crippen molar-refractivity contribution in [3.05, 3.63) is 147 Å². The average molecular weight is 749 g/mol. The molecule has 53 heavy (non-hydrogen) atoms. The lowest BCUT2D eigenvalue weighted by Crippen LogP contribution is -1.91. The molecule has 2 aliphatic carbocycles. The summed E-state index contributed by atoms with van der Waals surface area (Å²) in [5, 5.41) is 0. The Hall–Kier alpha value is -4.26. The molecule has 0 nitrogen and oxygen atoms in total. The summed E-state index contributed by atoms with van der Waals surface area (Å²) < 4.78 is 59.1. The maximum atomic E-state index is 14.8. The van der Waals surface area contributed by atoms with Gasteiger partial charge >= 0.3 is 0 Å². The molecule has 272 valence electrons. The topological polar surface area (TPSA) is 0 Å². The molecule has 0 aliphatic heterocycles. The lowest BCUT2D eigenvalue weighted by atomic mass is 10.00. The molecule has 0 atom stereocenters. The summed E-state index contributed by atoms with van der Waals surface area (Å²) in [6.07, 6.45) is 13.3. The molecule has 1 saturated carbocycles. The van der Waals surface area contributed by atoms with Gasteiger partial charge in [0.2, 0.25) is 0 Å². The van der Waals surface area contributed by atoms with Crippen molar-refractivity contribution < 1.29 is 17.6 Å². The Morgan fingerprint density at radius 1 is 0.547 bits per heavy atom. The van der Waals surface area contributed by atoms with E-state index in [4.69, 9.17) is 0 Å². The molecule has 2 heterocycles. The van der Waals surface area contributed by atoms with Gasteiger partial charge in [0.15, 0.2) is 0 Å². The number of aryl methyl sites for hydroxylation is 2. The first-order valence-electron chi connectivity index (χ1n) is 18.8. The SMILES string of the molecule is CCCc1ccc(-c2cc(F)c(-c3ccc(C4=CCCC4)s3)c(F)c2)cc1.CCCc1ccc(-c2cc(F)c(-c3ccc(CC4CC4)s3)c(F)c2)cc1. The van der Waals surface area contributed by atoms with Crippen LogP contribution in [0, 0.1) is 29.2 Å². The third-order valence-corrected chi connectivity index (χ3v) is 12.3. The van der Waals surface area contributed by atoms with E-state index in [0.717, 1.165) is 73.3 Å². The standard InChI is InChI=1S/C24H22F2S.C23H22F2S/c1-2-5-16-8-10-17(11-9-16)19-14-20(25)24(21(26)15-19)23-13-12-22(27-23)18-6-3-4-7-18;1-2-3-15-6-8-17(9-7-15)18-13-20(24)23(21(25)14-18)22-11-10-19(26-22)12-16-4-5-16/h6,8-15H,2-5,7H2,1H3;6-11,13-14,16H,2-5,12H2,1H3. The van der Waals surface area contributed by atoms with E-state index in [2.05, 4.69) is 19.9 Å². The van der Waals surface area contributed by atoms with Crippen molar-refractivity contribution >= 4 is 28.2 Å². The summed E-state index contributed by atoms with van der Waals surface area (Å²) in [5.41, 5.74) is 6.81. The van der Waals surface area contributed by atoms with E-state index in [1.807, 2.05) is 72.8 Å². The number of allylic oxidation sites excluding steroid dienone is 2. The van der Waals surface area contributed by atoms with Crippen molar-refractivity contribution in [2.75, 3.05) is 0 Å². The van der Waals surface area contributed by atoms with Crippen LogP contribution in [-0.2, 0) is 19.3 Å². The van der Waals surface area contributed by atoms with E-state index in [1.54, 1.807) is 0 Å². The van der Waals surface area contributed by atoms with Crippen LogP contribution >= 0.6 is 22.7 Å². The Morgan fingerprint density at radius 3 is 1.47 bits per heavy atom. The van der Waals surface area contributed by atoms with Crippen LogP contribution in [-0.4, -0.2) is 0 Å². The van der Waals surface area contributed by atoms with Crippen molar-refractivity contribution in [2.24, 2.45) is 5.92 Å². The van der Waals surface area contributed by atoms with Crippen LogP contribution in [0.5, 0.6) is 0 Å². The first-order chi connectivity index (χ1) is 25.8. The smallest absolute Gasteiger partial charge is 0.135 e. The number of rotatable bonds is 11. The number of thiophene rings is 2. The zero-order valence-corrected chi connectivity index (χ0v) is 31.9. The highest BCUT2D eigenvalue weighted by Crippen LogP contribution is 2.41. The van der Waals surface area contributed by atoms with E-state index >= 15 is 0 Å². The number of hydrogen-bond donors (Lipinski definition) is 0. The third-order valence-electron chi connectivity index (χ3n) is 10.0. The van der Waals surface area contributed by atoms with Crippen molar-refractivity contribution in [1.82, 2.24) is 0 Å². The normalized spacial score (nSPS) is 13.9. The Morgan fingerprint density at radius 2 is 1.02 bits per heavy atom. The Labute approximate surface area is 318 Å². The molecule has 0 N–H and O–H groups in total. The van der Waals surface area contributed by atoms with Gasteiger partial charge in [-0.05, 0) is 145 Å². The summed E-state index contributed by atoms with van der Waals surface area (Å²) >= 11 is 2.98. The molecular weight excluding hydrogens is 705 g/mol. The first-order valence-corrected chi connectivity index (χ1v) is 20.5. The summed E-state index contributed by atoms with van der Waals surface area (Å²) in [4.78, 5) is 3.67. The minimum atomic E-state index is -0.503. The van der Waals surface area contributed by atoms with Gasteiger partial charge in [0.25, 0.3) is 0 Å². The van der Waals surface area contributed by atoms with Crippen LogP contribution in [0.1, 0.15) is 79.7 Å². The van der Waals surface area contributed by atoms with E-state index < -0.39 is 23.3 Å².